The maximum Gasteiger partial charge on any atom is 0.433 e. The predicted octanol–water partition coefficient (Wildman–Crippen LogP) is 9.46. The molecule has 0 aliphatic carbocycles. The molecule has 40 heavy (non-hydrogen) atoms. The summed E-state index contributed by atoms with van der Waals surface area (Å²) in [5.74, 6) is -1.41. The number of rotatable bonds is 13. The number of nitrogens with zero attached hydrogens (tertiary/aromatic N) is 2. The third-order valence-corrected chi connectivity index (χ3v) is 8.02. The van der Waals surface area contributed by atoms with Crippen molar-refractivity contribution in [3.63, 3.8) is 0 Å². The number of hydrogen-bond acceptors (Lipinski definition) is 4. The molecule has 216 valence electrons. The van der Waals surface area contributed by atoms with E-state index in [9.17, 15) is 18.0 Å². The molecular weight excluding hydrogens is 603 g/mol. The number of nitrogens with one attached hydrogen (secondary N) is 1. The number of unbranched alkanes of at least 4 members (excludes halogenated alkanes) is 7. The number of benzene rings is 1. The molecule has 4 rings (SSSR count). The van der Waals surface area contributed by atoms with Crippen LogP contribution in [0.5, 0.6) is 0 Å². The van der Waals surface area contributed by atoms with E-state index in [1.807, 2.05) is 11.3 Å². The third-order valence-electron chi connectivity index (χ3n) is 6.36. The van der Waals surface area contributed by atoms with Crippen LogP contribution in [-0.4, -0.2) is 27.2 Å². The predicted molar refractivity (Wildman–Crippen MR) is 159 cm³/mol. The Hall–Kier alpha value is -2.69. The largest absolute Gasteiger partial charge is 0.476 e. The molecule has 1 aromatic carbocycles. The SMILES string of the molecule is CCCCCCCCCCNCc1cccs1.O=C(O)c1nn2c(C(F)(F)F)cc(-c3ccccc3)cc2c1Br. The summed E-state index contributed by atoms with van der Waals surface area (Å²) in [6.45, 7) is 4.50. The lowest BCUT2D eigenvalue weighted by Gasteiger charge is -2.11. The van der Waals surface area contributed by atoms with Crippen molar-refractivity contribution in [2.24, 2.45) is 0 Å². The van der Waals surface area contributed by atoms with Crippen LogP contribution in [0.2, 0.25) is 0 Å². The molecule has 0 saturated heterocycles. The highest BCUT2D eigenvalue weighted by molar-refractivity contribution is 9.10. The lowest BCUT2D eigenvalue weighted by Crippen LogP contribution is -2.13. The third kappa shape index (κ3) is 9.45. The first kappa shape index (κ1) is 31.8. The average Bonchev–Trinajstić information content (AvgIpc) is 3.57. The average molecular weight is 639 g/mol. The number of hydrogen-bond donors (Lipinski definition) is 2. The van der Waals surface area contributed by atoms with E-state index in [1.54, 1.807) is 30.3 Å². The normalized spacial score (nSPS) is 11.4. The molecule has 10 heteroatoms. The number of carboxylic acid groups (broad SMARTS) is 1. The molecule has 0 atom stereocenters. The van der Waals surface area contributed by atoms with E-state index < -0.39 is 23.5 Å². The Labute approximate surface area is 245 Å². The van der Waals surface area contributed by atoms with Crippen molar-refractivity contribution >= 4 is 38.8 Å². The van der Waals surface area contributed by atoms with Gasteiger partial charge in [0.2, 0.25) is 0 Å². The Balaban J connectivity index is 0.000000232. The smallest absolute Gasteiger partial charge is 0.433 e. The number of aromatic nitrogens is 2. The number of halogens is 4. The van der Waals surface area contributed by atoms with Gasteiger partial charge < -0.3 is 10.4 Å². The number of aromatic carboxylic acids is 1. The number of thiophene rings is 1. The molecule has 0 aliphatic heterocycles. The van der Waals surface area contributed by atoms with Crippen LogP contribution in [0.4, 0.5) is 13.2 Å². The number of carboxylic acids is 1. The molecule has 0 unspecified atom stereocenters. The molecule has 3 heterocycles. The minimum Gasteiger partial charge on any atom is -0.476 e. The number of pyridine rings is 1. The molecule has 0 bridgehead atoms. The Morgan fingerprint density at radius 2 is 1.65 bits per heavy atom. The van der Waals surface area contributed by atoms with Crippen LogP contribution in [-0.2, 0) is 12.7 Å². The van der Waals surface area contributed by atoms with E-state index >= 15 is 0 Å². The fraction of sp³-hybridized carbons (Fsp3) is 0.400. The highest BCUT2D eigenvalue weighted by atomic mass is 79.9. The quantitative estimate of drug-likeness (QED) is 0.143. The summed E-state index contributed by atoms with van der Waals surface area (Å²) in [5, 5.41) is 18.3. The first-order valence-electron chi connectivity index (χ1n) is 13.5. The Morgan fingerprint density at radius 3 is 2.25 bits per heavy atom. The van der Waals surface area contributed by atoms with E-state index in [-0.39, 0.29) is 9.99 Å². The van der Waals surface area contributed by atoms with Crippen molar-refractivity contribution < 1.29 is 23.1 Å². The van der Waals surface area contributed by atoms with Crippen molar-refractivity contribution in [1.82, 2.24) is 14.9 Å². The monoisotopic (exact) mass is 637 g/mol. The molecule has 2 N–H and O–H groups in total. The molecule has 0 radical (unpaired) electrons. The Kier molecular flexibility index (Phi) is 12.7. The first-order chi connectivity index (χ1) is 19.2. The van der Waals surface area contributed by atoms with Crippen molar-refractivity contribution in [3.05, 3.63) is 80.7 Å². The van der Waals surface area contributed by atoms with Crippen LogP contribution in [0.1, 0.15) is 79.3 Å². The van der Waals surface area contributed by atoms with Crippen molar-refractivity contribution in [1.29, 1.82) is 0 Å². The molecule has 0 fully saturated rings. The Morgan fingerprint density at radius 1 is 0.975 bits per heavy atom. The minimum atomic E-state index is -4.68. The van der Waals surface area contributed by atoms with Gasteiger partial charge in [-0.25, -0.2) is 9.31 Å². The maximum atomic E-state index is 13.3. The molecule has 5 nitrogen and oxygen atoms in total. The van der Waals surface area contributed by atoms with E-state index in [0.29, 0.717) is 15.6 Å². The van der Waals surface area contributed by atoms with Gasteiger partial charge in [0.05, 0.1) is 9.99 Å². The molecule has 0 aliphatic rings. The van der Waals surface area contributed by atoms with Gasteiger partial charge in [-0.3, -0.25) is 0 Å². The van der Waals surface area contributed by atoms with Crippen LogP contribution < -0.4 is 5.32 Å². The van der Waals surface area contributed by atoms with Gasteiger partial charge in [0.25, 0.3) is 0 Å². The van der Waals surface area contributed by atoms with Gasteiger partial charge in [0.1, 0.15) is 5.69 Å². The van der Waals surface area contributed by atoms with Crippen LogP contribution in [0.3, 0.4) is 0 Å². The van der Waals surface area contributed by atoms with Gasteiger partial charge in [-0.05, 0) is 63.6 Å². The molecule has 4 aromatic rings. The zero-order chi connectivity index (χ0) is 29.0. The van der Waals surface area contributed by atoms with Crippen LogP contribution in [0.25, 0.3) is 16.6 Å². The first-order valence-corrected chi connectivity index (χ1v) is 15.2. The fourth-order valence-corrected chi connectivity index (χ4v) is 5.47. The summed E-state index contributed by atoms with van der Waals surface area (Å²) in [4.78, 5) is 12.6. The van der Waals surface area contributed by atoms with Crippen molar-refractivity contribution in [3.8, 4) is 11.1 Å². The fourth-order valence-electron chi connectivity index (χ4n) is 4.26. The molecule has 0 saturated carbocycles. The number of fused-ring (bicyclic) bond motifs is 1. The van der Waals surface area contributed by atoms with Crippen molar-refractivity contribution in [2.75, 3.05) is 6.54 Å². The Bertz CT molecular complexity index is 1330. The molecular formula is C30H35BrF3N3O2S. The van der Waals surface area contributed by atoms with E-state index in [4.69, 9.17) is 5.11 Å². The highest BCUT2D eigenvalue weighted by Gasteiger charge is 2.36. The summed E-state index contributed by atoms with van der Waals surface area (Å²) in [5.41, 5.74) is -0.563. The minimum absolute atomic E-state index is 0.00767. The second-order valence-electron chi connectivity index (χ2n) is 9.49. The highest BCUT2D eigenvalue weighted by Crippen LogP contribution is 2.36. The zero-order valence-electron chi connectivity index (χ0n) is 22.5. The van der Waals surface area contributed by atoms with Gasteiger partial charge in [-0.15, -0.1) is 11.3 Å². The van der Waals surface area contributed by atoms with E-state index in [2.05, 4.69) is 50.8 Å². The summed E-state index contributed by atoms with van der Waals surface area (Å²) in [7, 11) is 0. The number of carbonyl (C=O) groups is 1. The summed E-state index contributed by atoms with van der Waals surface area (Å²) in [6, 6.07) is 15.3. The van der Waals surface area contributed by atoms with Crippen LogP contribution in [0.15, 0.2) is 64.5 Å². The maximum absolute atomic E-state index is 13.3. The summed E-state index contributed by atoms with van der Waals surface area (Å²) < 4.78 is 40.6. The van der Waals surface area contributed by atoms with Gasteiger partial charge in [-0.1, -0.05) is 88.3 Å². The zero-order valence-corrected chi connectivity index (χ0v) is 24.9. The summed E-state index contributed by atoms with van der Waals surface area (Å²) >= 11 is 4.87. The van der Waals surface area contributed by atoms with Gasteiger partial charge >= 0.3 is 12.1 Å². The van der Waals surface area contributed by atoms with Gasteiger partial charge in [-0.2, -0.15) is 18.3 Å². The lowest BCUT2D eigenvalue weighted by atomic mass is 10.1. The van der Waals surface area contributed by atoms with Gasteiger partial charge in [0.15, 0.2) is 5.69 Å². The van der Waals surface area contributed by atoms with Crippen molar-refractivity contribution in [2.45, 2.75) is 71.0 Å². The molecule has 3 aromatic heterocycles. The topological polar surface area (TPSA) is 66.6 Å². The van der Waals surface area contributed by atoms with Crippen LogP contribution in [0, 0.1) is 0 Å². The summed E-state index contributed by atoms with van der Waals surface area (Å²) in [6.07, 6.45) is 6.56. The molecule has 0 spiro atoms. The second-order valence-corrected chi connectivity index (χ2v) is 11.3. The van der Waals surface area contributed by atoms with E-state index in [0.717, 1.165) is 12.6 Å². The van der Waals surface area contributed by atoms with Gasteiger partial charge in [0, 0.05) is 11.4 Å². The van der Waals surface area contributed by atoms with E-state index in [1.165, 1.54) is 68.9 Å². The number of alkyl halides is 3. The molecule has 0 amide bonds. The standard InChI is InChI=1S/C15H8BrF3N2O2.C15H27NS/c16-12-10-6-9(8-4-2-1-3-5-8)7-11(15(17,18)19)21(10)20-13(12)14(22)23;1-2-3-4-5-6-7-8-9-12-16-14-15-11-10-13-17-15/h1-7H,(H,22,23);10-11,13,16H,2-9,12,14H2,1H3. The second kappa shape index (κ2) is 15.9. The van der Waals surface area contributed by atoms with Crippen LogP contribution >= 0.6 is 27.3 Å². The lowest BCUT2D eigenvalue weighted by molar-refractivity contribution is -0.142.